The summed E-state index contributed by atoms with van der Waals surface area (Å²) in [5, 5.41) is 16.7. The predicted molar refractivity (Wildman–Crippen MR) is 78.8 cm³/mol. The number of nitrogen functional groups attached to an aromatic ring is 1. The SMILES string of the molecule is N=C(N)c1ccc(N(CCO)C2CCCCC2)cc1. The number of aliphatic hydroxyl groups excluding tert-OH is 1. The summed E-state index contributed by atoms with van der Waals surface area (Å²) in [7, 11) is 0. The molecule has 0 saturated heterocycles. The first-order valence-electron chi connectivity index (χ1n) is 7.04. The lowest BCUT2D eigenvalue weighted by atomic mass is 9.93. The Morgan fingerprint density at radius 3 is 2.37 bits per heavy atom. The third kappa shape index (κ3) is 3.47. The molecule has 0 aromatic heterocycles. The van der Waals surface area contributed by atoms with Gasteiger partial charge >= 0.3 is 0 Å². The maximum atomic E-state index is 9.28. The van der Waals surface area contributed by atoms with E-state index in [1.807, 2.05) is 24.3 Å². The third-order valence-corrected chi connectivity index (χ3v) is 3.87. The number of nitrogens with two attached hydrogens (primary N) is 1. The highest BCUT2D eigenvalue weighted by atomic mass is 16.3. The van der Waals surface area contributed by atoms with E-state index >= 15 is 0 Å². The molecule has 2 rings (SSSR count). The fourth-order valence-corrected chi connectivity index (χ4v) is 2.86. The summed E-state index contributed by atoms with van der Waals surface area (Å²) in [4.78, 5) is 2.29. The molecule has 1 saturated carbocycles. The number of amidine groups is 1. The minimum Gasteiger partial charge on any atom is -0.395 e. The van der Waals surface area contributed by atoms with Gasteiger partial charge < -0.3 is 15.7 Å². The summed E-state index contributed by atoms with van der Waals surface area (Å²) in [5.74, 6) is 0.0953. The molecule has 0 bridgehead atoms. The van der Waals surface area contributed by atoms with Crippen LogP contribution in [-0.2, 0) is 0 Å². The number of anilines is 1. The Balaban J connectivity index is 2.15. The van der Waals surface area contributed by atoms with Crippen LogP contribution in [0.3, 0.4) is 0 Å². The molecule has 104 valence electrons. The smallest absolute Gasteiger partial charge is 0.122 e. The highest BCUT2D eigenvalue weighted by Gasteiger charge is 2.21. The molecule has 1 aliphatic rings. The average Bonchev–Trinajstić information content (AvgIpc) is 2.46. The molecule has 1 aromatic rings. The molecule has 4 heteroatoms. The highest BCUT2D eigenvalue weighted by Crippen LogP contribution is 2.27. The van der Waals surface area contributed by atoms with Gasteiger partial charge in [-0.25, -0.2) is 0 Å². The van der Waals surface area contributed by atoms with Crippen LogP contribution in [0.25, 0.3) is 0 Å². The van der Waals surface area contributed by atoms with Crippen molar-refractivity contribution < 1.29 is 5.11 Å². The monoisotopic (exact) mass is 261 g/mol. The van der Waals surface area contributed by atoms with Crippen LogP contribution in [0.4, 0.5) is 5.69 Å². The lowest BCUT2D eigenvalue weighted by Gasteiger charge is -2.36. The zero-order valence-corrected chi connectivity index (χ0v) is 11.3. The van der Waals surface area contributed by atoms with Gasteiger partial charge in [0.05, 0.1) is 6.61 Å². The molecule has 4 N–H and O–H groups in total. The van der Waals surface area contributed by atoms with Gasteiger partial charge in [0.25, 0.3) is 0 Å². The van der Waals surface area contributed by atoms with E-state index in [0.29, 0.717) is 12.6 Å². The van der Waals surface area contributed by atoms with Crippen LogP contribution in [-0.4, -0.2) is 30.1 Å². The first kappa shape index (κ1) is 13.9. The fourth-order valence-electron chi connectivity index (χ4n) is 2.86. The van der Waals surface area contributed by atoms with Crippen molar-refractivity contribution in [3.8, 4) is 0 Å². The Kier molecular flexibility index (Phi) is 4.80. The topological polar surface area (TPSA) is 73.3 Å². The van der Waals surface area contributed by atoms with E-state index in [2.05, 4.69) is 4.90 Å². The van der Waals surface area contributed by atoms with Crippen LogP contribution in [0, 0.1) is 5.41 Å². The number of nitrogens with one attached hydrogen (secondary N) is 1. The van der Waals surface area contributed by atoms with Gasteiger partial charge in [-0.2, -0.15) is 0 Å². The largest absolute Gasteiger partial charge is 0.395 e. The molecular formula is C15H23N3O. The Morgan fingerprint density at radius 2 is 1.84 bits per heavy atom. The number of hydrogen-bond acceptors (Lipinski definition) is 3. The summed E-state index contributed by atoms with van der Waals surface area (Å²) in [6.45, 7) is 0.842. The van der Waals surface area contributed by atoms with Crippen molar-refractivity contribution in [1.29, 1.82) is 5.41 Å². The summed E-state index contributed by atoms with van der Waals surface area (Å²) in [6, 6.07) is 8.29. The van der Waals surface area contributed by atoms with Crippen LogP contribution in [0.15, 0.2) is 24.3 Å². The second-order valence-corrected chi connectivity index (χ2v) is 5.17. The second-order valence-electron chi connectivity index (χ2n) is 5.17. The fraction of sp³-hybridized carbons (Fsp3) is 0.533. The van der Waals surface area contributed by atoms with Crippen LogP contribution in [0.5, 0.6) is 0 Å². The van der Waals surface area contributed by atoms with E-state index in [0.717, 1.165) is 11.3 Å². The van der Waals surface area contributed by atoms with Crippen molar-refractivity contribution in [2.75, 3.05) is 18.1 Å². The van der Waals surface area contributed by atoms with Crippen LogP contribution >= 0.6 is 0 Å². The number of hydrogen-bond donors (Lipinski definition) is 3. The minimum absolute atomic E-state index is 0.0953. The maximum absolute atomic E-state index is 9.28. The molecule has 0 amide bonds. The molecule has 0 radical (unpaired) electrons. The zero-order valence-electron chi connectivity index (χ0n) is 11.3. The lowest BCUT2D eigenvalue weighted by molar-refractivity contribution is 0.290. The highest BCUT2D eigenvalue weighted by molar-refractivity contribution is 5.95. The van der Waals surface area contributed by atoms with Crippen LogP contribution < -0.4 is 10.6 Å². The lowest BCUT2D eigenvalue weighted by Crippen LogP contribution is -2.38. The molecule has 0 atom stereocenters. The average molecular weight is 261 g/mol. The Morgan fingerprint density at radius 1 is 1.21 bits per heavy atom. The first-order valence-corrected chi connectivity index (χ1v) is 7.04. The van der Waals surface area contributed by atoms with Crippen molar-refractivity contribution in [2.45, 2.75) is 38.1 Å². The normalized spacial score (nSPS) is 16.3. The van der Waals surface area contributed by atoms with Gasteiger partial charge in [0, 0.05) is 23.8 Å². The number of aliphatic hydroxyl groups is 1. The van der Waals surface area contributed by atoms with E-state index in [-0.39, 0.29) is 12.4 Å². The summed E-state index contributed by atoms with van der Waals surface area (Å²) in [6.07, 6.45) is 6.28. The number of benzene rings is 1. The van der Waals surface area contributed by atoms with Gasteiger partial charge in [0.2, 0.25) is 0 Å². The quantitative estimate of drug-likeness (QED) is 0.561. The van der Waals surface area contributed by atoms with Gasteiger partial charge in [0.15, 0.2) is 0 Å². The van der Waals surface area contributed by atoms with Crippen molar-refractivity contribution in [3.63, 3.8) is 0 Å². The van der Waals surface area contributed by atoms with E-state index in [4.69, 9.17) is 11.1 Å². The molecule has 1 fully saturated rings. The molecule has 19 heavy (non-hydrogen) atoms. The number of rotatable bonds is 5. The third-order valence-electron chi connectivity index (χ3n) is 3.87. The standard InChI is InChI=1S/C15H23N3O/c16-15(17)12-6-8-14(9-7-12)18(10-11-19)13-4-2-1-3-5-13/h6-9,13,19H,1-5,10-11H2,(H3,16,17). The zero-order chi connectivity index (χ0) is 13.7. The molecule has 0 spiro atoms. The first-order chi connectivity index (χ1) is 9.22. The minimum atomic E-state index is 0.0953. The summed E-state index contributed by atoms with van der Waals surface area (Å²) in [5.41, 5.74) is 7.33. The van der Waals surface area contributed by atoms with Gasteiger partial charge in [-0.1, -0.05) is 19.3 Å². The number of nitrogens with zero attached hydrogens (tertiary/aromatic N) is 1. The van der Waals surface area contributed by atoms with Crippen molar-refractivity contribution in [2.24, 2.45) is 5.73 Å². The van der Waals surface area contributed by atoms with E-state index in [1.165, 1.54) is 32.1 Å². The molecule has 1 aliphatic carbocycles. The Labute approximate surface area is 114 Å². The maximum Gasteiger partial charge on any atom is 0.122 e. The molecule has 0 aliphatic heterocycles. The van der Waals surface area contributed by atoms with Crippen molar-refractivity contribution in [1.82, 2.24) is 0 Å². The Hall–Kier alpha value is -1.55. The van der Waals surface area contributed by atoms with E-state index in [9.17, 15) is 5.11 Å². The second kappa shape index (κ2) is 6.57. The predicted octanol–water partition coefficient (Wildman–Crippen LogP) is 2.10. The molecule has 0 heterocycles. The summed E-state index contributed by atoms with van der Waals surface area (Å²) < 4.78 is 0. The van der Waals surface area contributed by atoms with Crippen LogP contribution in [0.1, 0.15) is 37.7 Å². The van der Waals surface area contributed by atoms with Crippen molar-refractivity contribution in [3.05, 3.63) is 29.8 Å². The van der Waals surface area contributed by atoms with Gasteiger partial charge in [0.1, 0.15) is 5.84 Å². The van der Waals surface area contributed by atoms with Crippen molar-refractivity contribution >= 4 is 11.5 Å². The molecule has 0 unspecified atom stereocenters. The Bertz CT molecular complexity index is 410. The van der Waals surface area contributed by atoms with Gasteiger partial charge in [-0.15, -0.1) is 0 Å². The van der Waals surface area contributed by atoms with Gasteiger partial charge in [-0.05, 0) is 37.1 Å². The van der Waals surface area contributed by atoms with E-state index in [1.54, 1.807) is 0 Å². The van der Waals surface area contributed by atoms with E-state index < -0.39 is 0 Å². The molecule has 1 aromatic carbocycles. The summed E-state index contributed by atoms with van der Waals surface area (Å²) >= 11 is 0. The molecular weight excluding hydrogens is 238 g/mol. The van der Waals surface area contributed by atoms with Gasteiger partial charge in [-0.3, -0.25) is 5.41 Å². The molecule has 4 nitrogen and oxygen atoms in total. The van der Waals surface area contributed by atoms with Crippen LogP contribution in [0.2, 0.25) is 0 Å².